The van der Waals surface area contributed by atoms with E-state index in [-0.39, 0.29) is 36.2 Å². The summed E-state index contributed by atoms with van der Waals surface area (Å²) in [5.74, 6) is -1.70. The fraction of sp³-hybridized carbons (Fsp3) is 0.278. The van der Waals surface area contributed by atoms with Gasteiger partial charge in [-0.2, -0.15) is 0 Å². The molecule has 7 heteroatoms. The minimum atomic E-state index is -0.977. The third-order valence-electron chi connectivity index (χ3n) is 3.93. The molecule has 1 saturated heterocycles. The van der Waals surface area contributed by atoms with Gasteiger partial charge >= 0.3 is 5.97 Å². The maximum atomic E-state index is 12.2. The number of Topliss-reactive ketones (excluding diaryl/α,β-unsaturated/α-hetero) is 2. The number of carbonyl (C=O) groups is 5. The number of benzene rings is 1. The second kappa shape index (κ2) is 7.65. The zero-order chi connectivity index (χ0) is 18.6. The van der Waals surface area contributed by atoms with E-state index in [9.17, 15) is 24.0 Å². The number of imide groups is 1. The van der Waals surface area contributed by atoms with Gasteiger partial charge in [0.1, 0.15) is 0 Å². The molecule has 0 bridgehead atoms. The summed E-state index contributed by atoms with van der Waals surface area (Å²) in [5, 5.41) is 10.8. The molecule has 1 aliphatic carbocycles. The lowest BCUT2D eigenvalue weighted by atomic mass is 9.83. The first-order valence-electron chi connectivity index (χ1n) is 7.74. The third kappa shape index (κ3) is 4.26. The van der Waals surface area contributed by atoms with Crippen molar-refractivity contribution in [1.82, 2.24) is 5.32 Å². The number of hydrogen-bond donors (Lipinski definition) is 2. The molecule has 0 saturated carbocycles. The van der Waals surface area contributed by atoms with Gasteiger partial charge in [0.2, 0.25) is 11.8 Å². The molecule has 1 aromatic carbocycles. The molecule has 25 heavy (non-hydrogen) atoms. The van der Waals surface area contributed by atoms with Crippen LogP contribution in [0.15, 0.2) is 35.4 Å². The van der Waals surface area contributed by atoms with Crippen molar-refractivity contribution in [2.24, 2.45) is 0 Å². The Balaban J connectivity index is 0.000000269. The van der Waals surface area contributed by atoms with Gasteiger partial charge in [-0.25, -0.2) is 0 Å². The van der Waals surface area contributed by atoms with Gasteiger partial charge in [0.05, 0.1) is 0 Å². The van der Waals surface area contributed by atoms with E-state index in [0.29, 0.717) is 35.1 Å². The molecule has 1 aliphatic heterocycles. The Labute approximate surface area is 143 Å². The lowest BCUT2D eigenvalue weighted by Crippen LogP contribution is -2.21. The number of rotatable bonds is 3. The number of aliphatic carboxylic acids is 1. The summed E-state index contributed by atoms with van der Waals surface area (Å²) in [4.78, 5) is 55.0. The predicted molar refractivity (Wildman–Crippen MR) is 87.1 cm³/mol. The van der Waals surface area contributed by atoms with Gasteiger partial charge in [-0.05, 0) is 13.3 Å². The molecule has 0 spiro atoms. The van der Waals surface area contributed by atoms with Crippen molar-refractivity contribution in [1.29, 1.82) is 0 Å². The average molecular weight is 343 g/mol. The first-order valence-corrected chi connectivity index (χ1v) is 7.74. The van der Waals surface area contributed by atoms with Crippen LogP contribution in [0.1, 0.15) is 53.3 Å². The molecule has 1 heterocycles. The van der Waals surface area contributed by atoms with Crippen LogP contribution in [0.5, 0.6) is 0 Å². The van der Waals surface area contributed by atoms with Crippen LogP contribution in [0.4, 0.5) is 0 Å². The van der Waals surface area contributed by atoms with Crippen molar-refractivity contribution in [3.05, 3.63) is 46.5 Å². The van der Waals surface area contributed by atoms with Crippen LogP contribution >= 0.6 is 0 Å². The van der Waals surface area contributed by atoms with Crippen LogP contribution in [0, 0.1) is 0 Å². The van der Waals surface area contributed by atoms with Crippen molar-refractivity contribution in [2.45, 2.75) is 32.6 Å². The van der Waals surface area contributed by atoms with Crippen LogP contribution < -0.4 is 5.32 Å². The zero-order valence-electron chi connectivity index (χ0n) is 13.6. The number of hydrogen-bond acceptors (Lipinski definition) is 5. The van der Waals surface area contributed by atoms with E-state index in [0.717, 1.165) is 0 Å². The van der Waals surface area contributed by atoms with E-state index in [1.165, 1.54) is 0 Å². The lowest BCUT2D eigenvalue weighted by Gasteiger charge is -2.18. The second-order valence-corrected chi connectivity index (χ2v) is 5.67. The Hall–Kier alpha value is -3.09. The Kier molecular flexibility index (Phi) is 5.59. The Morgan fingerprint density at radius 3 is 1.96 bits per heavy atom. The standard InChI is InChI=1S/C14H12O4.C4H5NO2/c1-8-9(6-7-12(15)16)14(18)11-5-3-2-4-10(11)13(8)17;6-3-1-2-4(7)5-3/h2-5H,6-7H2,1H3,(H,15,16);1-2H2,(H,5,6,7). The van der Waals surface area contributed by atoms with Gasteiger partial charge in [0, 0.05) is 41.5 Å². The molecule has 2 amide bonds. The summed E-state index contributed by atoms with van der Waals surface area (Å²) in [6.07, 6.45) is 0.700. The van der Waals surface area contributed by atoms with Gasteiger partial charge < -0.3 is 5.11 Å². The van der Waals surface area contributed by atoms with Crippen LogP contribution in [-0.2, 0) is 14.4 Å². The van der Waals surface area contributed by atoms with Crippen LogP contribution in [0.25, 0.3) is 0 Å². The molecule has 2 N–H and O–H groups in total. The van der Waals surface area contributed by atoms with Gasteiger partial charge in [-0.15, -0.1) is 0 Å². The SMILES string of the molecule is CC1=C(CCC(=O)O)C(=O)c2ccccc2C1=O.O=C1CCC(=O)N1. The van der Waals surface area contributed by atoms with E-state index in [1.807, 2.05) is 0 Å². The van der Waals surface area contributed by atoms with Gasteiger partial charge in [0.25, 0.3) is 0 Å². The summed E-state index contributed by atoms with van der Waals surface area (Å²) in [5.41, 5.74) is 1.45. The number of ketones is 2. The summed E-state index contributed by atoms with van der Waals surface area (Å²) >= 11 is 0. The highest BCUT2D eigenvalue weighted by molar-refractivity contribution is 6.26. The van der Waals surface area contributed by atoms with Crippen molar-refractivity contribution in [3.8, 4) is 0 Å². The first-order chi connectivity index (χ1) is 11.8. The number of fused-ring (bicyclic) bond motifs is 1. The summed E-state index contributed by atoms with van der Waals surface area (Å²) in [7, 11) is 0. The van der Waals surface area contributed by atoms with Crippen molar-refractivity contribution in [3.63, 3.8) is 0 Å². The summed E-state index contributed by atoms with van der Waals surface area (Å²) in [6.45, 7) is 1.58. The third-order valence-corrected chi connectivity index (χ3v) is 3.93. The van der Waals surface area contributed by atoms with E-state index in [4.69, 9.17) is 5.11 Å². The molecule has 7 nitrogen and oxygen atoms in total. The lowest BCUT2D eigenvalue weighted by molar-refractivity contribution is -0.137. The van der Waals surface area contributed by atoms with Gasteiger partial charge in [-0.3, -0.25) is 29.3 Å². The number of nitrogens with one attached hydrogen (secondary N) is 1. The minimum Gasteiger partial charge on any atom is -0.481 e. The quantitative estimate of drug-likeness (QED) is 0.806. The number of amides is 2. The maximum absolute atomic E-state index is 12.2. The highest BCUT2D eigenvalue weighted by Gasteiger charge is 2.29. The van der Waals surface area contributed by atoms with E-state index < -0.39 is 5.97 Å². The summed E-state index contributed by atoms with van der Waals surface area (Å²) in [6, 6.07) is 6.62. The van der Waals surface area contributed by atoms with Crippen molar-refractivity contribution < 1.29 is 29.1 Å². The summed E-state index contributed by atoms with van der Waals surface area (Å²) < 4.78 is 0. The van der Waals surface area contributed by atoms with Gasteiger partial charge in [-0.1, -0.05) is 24.3 Å². The highest BCUT2D eigenvalue weighted by atomic mass is 16.4. The molecule has 1 fully saturated rings. The Morgan fingerprint density at radius 2 is 1.52 bits per heavy atom. The van der Waals surface area contributed by atoms with Crippen molar-refractivity contribution >= 4 is 29.4 Å². The topological polar surface area (TPSA) is 118 Å². The Bertz CT molecular complexity index is 792. The molecule has 1 aromatic rings. The average Bonchev–Trinajstić information content (AvgIpc) is 2.96. The molecule has 2 aliphatic rings. The molecule has 130 valence electrons. The number of carboxylic acid groups (broad SMARTS) is 1. The molecular weight excluding hydrogens is 326 g/mol. The first kappa shape index (κ1) is 18.3. The monoisotopic (exact) mass is 343 g/mol. The van der Waals surface area contributed by atoms with Crippen LogP contribution in [-0.4, -0.2) is 34.5 Å². The number of allylic oxidation sites excluding steroid dienone is 2. The number of carboxylic acids is 1. The maximum Gasteiger partial charge on any atom is 0.303 e. The molecule has 0 aromatic heterocycles. The molecule has 3 rings (SSSR count). The smallest absolute Gasteiger partial charge is 0.303 e. The van der Waals surface area contributed by atoms with E-state index in [2.05, 4.69) is 5.32 Å². The fourth-order valence-electron chi connectivity index (χ4n) is 2.59. The largest absolute Gasteiger partial charge is 0.481 e. The highest BCUT2D eigenvalue weighted by Crippen LogP contribution is 2.28. The van der Waals surface area contributed by atoms with E-state index in [1.54, 1.807) is 31.2 Å². The van der Waals surface area contributed by atoms with Crippen LogP contribution in [0.2, 0.25) is 0 Å². The molecular formula is C18H17NO6. The van der Waals surface area contributed by atoms with Crippen LogP contribution in [0.3, 0.4) is 0 Å². The van der Waals surface area contributed by atoms with Crippen molar-refractivity contribution in [2.75, 3.05) is 0 Å². The second-order valence-electron chi connectivity index (χ2n) is 5.67. The molecule has 0 atom stereocenters. The normalized spacial score (nSPS) is 16.2. The number of carbonyl (C=O) groups excluding carboxylic acids is 4. The molecule has 0 unspecified atom stereocenters. The fourth-order valence-corrected chi connectivity index (χ4v) is 2.59. The van der Waals surface area contributed by atoms with E-state index >= 15 is 0 Å². The molecule has 0 radical (unpaired) electrons. The predicted octanol–water partition coefficient (Wildman–Crippen LogP) is 1.67. The Morgan fingerprint density at radius 1 is 1.00 bits per heavy atom. The minimum absolute atomic E-state index is 0.0973. The van der Waals surface area contributed by atoms with Gasteiger partial charge in [0.15, 0.2) is 11.6 Å². The zero-order valence-corrected chi connectivity index (χ0v) is 13.6.